The maximum atomic E-state index is 13.4. The molecule has 0 aliphatic heterocycles. The zero-order valence-corrected chi connectivity index (χ0v) is 15.4. The van der Waals surface area contributed by atoms with Crippen molar-refractivity contribution < 1.29 is 4.39 Å². The van der Waals surface area contributed by atoms with Crippen LogP contribution in [0.1, 0.15) is 44.7 Å². The molecule has 0 amide bonds. The minimum atomic E-state index is -0.225. The second-order valence-corrected chi connectivity index (χ2v) is 8.29. The standard InChI is InChI=1S/C23H27FN2/c1-23(25)14-17-5-2-3-8-21(17)22(23)12-11-20-10-9-18(15-26-20)16-6-4-7-19(24)13-16/h4,6-7,9-13,15,17,21-22H,2-3,5,8,14,25H2,1H3/b12-11+/t17-,21-,22+,23+/m1/s1. The Kier molecular flexibility index (Phi) is 4.66. The average molecular weight is 350 g/mol. The molecule has 2 N–H and O–H groups in total. The molecule has 3 heteroatoms. The normalized spacial score (nSPS) is 31.3. The summed E-state index contributed by atoms with van der Waals surface area (Å²) in [5.74, 6) is 1.72. The summed E-state index contributed by atoms with van der Waals surface area (Å²) in [6.45, 7) is 2.21. The number of benzene rings is 1. The van der Waals surface area contributed by atoms with Gasteiger partial charge in [0.05, 0.1) is 5.69 Å². The number of hydrogen-bond donors (Lipinski definition) is 1. The van der Waals surface area contributed by atoms with E-state index in [-0.39, 0.29) is 11.4 Å². The van der Waals surface area contributed by atoms with Crippen molar-refractivity contribution in [2.45, 2.75) is 44.6 Å². The van der Waals surface area contributed by atoms with Crippen LogP contribution in [-0.4, -0.2) is 10.5 Å². The largest absolute Gasteiger partial charge is 0.325 e. The van der Waals surface area contributed by atoms with Gasteiger partial charge in [0.2, 0.25) is 0 Å². The molecule has 136 valence electrons. The molecular formula is C23H27FN2. The maximum Gasteiger partial charge on any atom is 0.123 e. The van der Waals surface area contributed by atoms with Gasteiger partial charge in [-0.1, -0.05) is 43.5 Å². The van der Waals surface area contributed by atoms with Crippen LogP contribution in [0.25, 0.3) is 17.2 Å². The first-order valence-corrected chi connectivity index (χ1v) is 9.72. The summed E-state index contributed by atoms with van der Waals surface area (Å²) in [4.78, 5) is 4.55. The Morgan fingerprint density at radius 3 is 2.77 bits per heavy atom. The highest BCUT2D eigenvalue weighted by Gasteiger charge is 2.47. The van der Waals surface area contributed by atoms with Crippen LogP contribution in [0.5, 0.6) is 0 Å². The second kappa shape index (κ2) is 6.96. The van der Waals surface area contributed by atoms with E-state index in [0.717, 1.165) is 35.1 Å². The van der Waals surface area contributed by atoms with Crippen LogP contribution in [0, 0.1) is 23.6 Å². The zero-order chi connectivity index (χ0) is 18.1. The van der Waals surface area contributed by atoms with Crippen molar-refractivity contribution >= 4 is 6.08 Å². The van der Waals surface area contributed by atoms with Gasteiger partial charge in [-0.25, -0.2) is 4.39 Å². The summed E-state index contributed by atoms with van der Waals surface area (Å²) in [6.07, 6.45) is 12.7. The molecule has 26 heavy (non-hydrogen) atoms. The van der Waals surface area contributed by atoms with Crippen LogP contribution in [0.15, 0.2) is 48.7 Å². The average Bonchev–Trinajstić information content (AvgIpc) is 2.89. The van der Waals surface area contributed by atoms with E-state index in [0.29, 0.717) is 5.92 Å². The predicted octanol–water partition coefficient (Wildman–Crippen LogP) is 5.44. The molecule has 0 bridgehead atoms. The van der Waals surface area contributed by atoms with E-state index in [1.165, 1.54) is 37.8 Å². The van der Waals surface area contributed by atoms with Gasteiger partial charge in [0.25, 0.3) is 0 Å². The fourth-order valence-corrected chi connectivity index (χ4v) is 5.06. The first kappa shape index (κ1) is 17.4. The Bertz CT molecular complexity index is 794. The minimum Gasteiger partial charge on any atom is -0.325 e. The molecule has 2 aliphatic carbocycles. The van der Waals surface area contributed by atoms with Crippen molar-refractivity contribution in [3.63, 3.8) is 0 Å². The monoisotopic (exact) mass is 350 g/mol. The number of pyridine rings is 1. The van der Waals surface area contributed by atoms with Crippen LogP contribution < -0.4 is 5.73 Å². The van der Waals surface area contributed by atoms with Crippen LogP contribution in [-0.2, 0) is 0 Å². The van der Waals surface area contributed by atoms with E-state index in [1.54, 1.807) is 6.07 Å². The molecule has 1 heterocycles. The number of fused-ring (bicyclic) bond motifs is 1. The first-order valence-electron chi connectivity index (χ1n) is 9.72. The third-order valence-corrected chi connectivity index (χ3v) is 6.31. The number of halogens is 1. The van der Waals surface area contributed by atoms with Gasteiger partial charge < -0.3 is 5.73 Å². The maximum absolute atomic E-state index is 13.4. The van der Waals surface area contributed by atoms with Crippen molar-refractivity contribution in [2.75, 3.05) is 0 Å². The lowest BCUT2D eigenvalue weighted by atomic mass is 9.77. The van der Waals surface area contributed by atoms with Gasteiger partial charge in [0.1, 0.15) is 5.82 Å². The number of hydrogen-bond acceptors (Lipinski definition) is 2. The molecule has 4 atom stereocenters. The summed E-state index contributed by atoms with van der Waals surface area (Å²) in [5.41, 5.74) is 9.25. The van der Waals surface area contributed by atoms with Crippen LogP contribution in [0.2, 0.25) is 0 Å². The molecule has 4 rings (SSSR count). The summed E-state index contributed by atoms with van der Waals surface area (Å²) in [7, 11) is 0. The van der Waals surface area contributed by atoms with Crippen molar-refractivity contribution in [3.8, 4) is 11.1 Å². The summed E-state index contributed by atoms with van der Waals surface area (Å²) in [5, 5.41) is 0. The quantitative estimate of drug-likeness (QED) is 0.800. The fraction of sp³-hybridized carbons (Fsp3) is 0.435. The minimum absolute atomic E-state index is 0.113. The van der Waals surface area contributed by atoms with E-state index >= 15 is 0 Å². The molecule has 2 saturated carbocycles. The summed E-state index contributed by atoms with van der Waals surface area (Å²) >= 11 is 0. The van der Waals surface area contributed by atoms with Gasteiger partial charge in [-0.05, 0) is 67.4 Å². The third-order valence-electron chi connectivity index (χ3n) is 6.31. The lowest BCUT2D eigenvalue weighted by Crippen LogP contribution is -2.40. The second-order valence-electron chi connectivity index (χ2n) is 8.29. The van der Waals surface area contributed by atoms with Gasteiger partial charge >= 0.3 is 0 Å². The number of rotatable bonds is 3. The Hall–Kier alpha value is -2.00. The molecular weight excluding hydrogens is 323 g/mol. The van der Waals surface area contributed by atoms with Crippen molar-refractivity contribution in [3.05, 3.63) is 60.2 Å². The number of aromatic nitrogens is 1. The topological polar surface area (TPSA) is 38.9 Å². The molecule has 0 radical (unpaired) electrons. The molecule has 2 aromatic rings. The van der Waals surface area contributed by atoms with Crippen LogP contribution in [0.4, 0.5) is 4.39 Å². The van der Waals surface area contributed by atoms with E-state index < -0.39 is 0 Å². The number of nitrogens with two attached hydrogens (primary N) is 1. The van der Waals surface area contributed by atoms with Crippen LogP contribution in [0.3, 0.4) is 0 Å². The molecule has 2 aliphatic rings. The number of nitrogens with zero attached hydrogens (tertiary/aromatic N) is 1. The summed E-state index contributed by atoms with van der Waals surface area (Å²) < 4.78 is 13.4. The molecule has 0 spiro atoms. The molecule has 0 unspecified atom stereocenters. The molecule has 1 aromatic carbocycles. The first-order chi connectivity index (χ1) is 12.5. The van der Waals surface area contributed by atoms with E-state index in [1.807, 2.05) is 24.4 Å². The molecule has 0 saturated heterocycles. The third kappa shape index (κ3) is 3.45. The lowest BCUT2D eigenvalue weighted by molar-refractivity contribution is 0.245. The van der Waals surface area contributed by atoms with Crippen molar-refractivity contribution in [1.82, 2.24) is 4.98 Å². The van der Waals surface area contributed by atoms with Gasteiger partial charge in [-0.15, -0.1) is 0 Å². The molecule has 2 nitrogen and oxygen atoms in total. The van der Waals surface area contributed by atoms with E-state index in [9.17, 15) is 4.39 Å². The van der Waals surface area contributed by atoms with Crippen molar-refractivity contribution in [1.29, 1.82) is 0 Å². The van der Waals surface area contributed by atoms with Crippen LogP contribution >= 0.6 is 0 Å². The Morgan fingerprint density at radius 1 is 1.15 bits per heavy atom. The van der Waals surface area contributed by atoms with E-state index in [2.05, 4.69) is 24.1 Å². The van der Waals surface area contributed by atoms with E-state index in [4.69, 9.17) is 5.73 Å². The van der Waals surface area contributed by atoms with Gasteiger partial charge in [-0.3, -0.25) is 4.98 Å². The molecule has 1 aromatic heterocycles. The highest BCUT2D eigenvalue weighted by Crippen LogP contribution is 2.50. The highest BCUT2D eigenvalue weighted by molar-refractivity contribution is 5.63. The Balaban J connectivity index is 1.51. The predicted molar refractivity (Wildman–Crippen MR) is 105 cm³/mol. The SMILES string of the molecule is C[C@]1(N)C[C@H]2CCCC[C@H]2[C@@H]1/C=C/c1ccc(-c2cccc(F)c2)cn1. The molecule has 2 fully saturated rings. The fourth-order valence-electron chi connectivity index (χ4n) is 5.06. The summed E-state index contributed by atoms with van der Waals surface area (Å²) in [6, 6.07) is 10.6. The Morgan fingerprint density at radius 2 is 2.00 bits per heavy atom. The zero-order valence-electron chi connectivity index (χ0n) is 15.4. The van der Waals surface area contributed by atoms with Gasteiger partial charge in [0.15, 0.2) is 0 Å². The Labute approximate surface area is 155 Å². The highest BCUT2D eigenvalue weighted by atomic mass is 19.1. The smallest absolute Gasteiger partial charge is 0.123 e. The lowest BCUT2D eigenvalue weighted by Gasteiger charge is -2.30. The van der Waals surface area contributed by atoms with Gasteiger partial charge in [-0.2, -0.15) is 0 Å². The van der Waals surface area contributed by atoms with Crippen molar-refractivity contribution in [2.24, 2.45) is 23.5 Å². The van der Waals surface area contributed by atoms with Gasteiger partial charge in [0, 0.05) is 17.3 Å².